The van der Waals surface area contributed by atoms with Gasteiger partial charge in [0.1, 0.15) is 0 Å². The van der Waals surface area contributed by atoms with Gasteiger partial charge in [0.05, 0.1) is 33.0 Å². The predicted molar refractivity (Wildman–Crippen MR) is 171 cm³/mol. The number of carbonyl (C=O) groups excluding carboxylic acids is 5. The summed E-state index contributed by atoms with van der Waals surface area (Å²) in [5.74, 6) is -1.05. The number of unbranched alkanes of at least 4 members (excludes halogenated alkanes) is 6. The summed E-state index contributed by atoms with van der Waals surface area (Å²) >= 11 is 0. The molecule has 0 amide bonds. The zero-order valence-electron chi connectivity index (χ0n) is 29.8. The van der Waals surface area contributed by atoms with Gasteiger partial charge in [-0.2, -0.15) is 0 Å². The summed E-state index contributed by atoms with van der Waals surface area (Å²) in [6, 6.07) is 0. The van der Waals surface area contributed by atoms with Gasteiger partial charge in [-0.15, -0.1) is 0 Å². The van der Waals surface area contributed by atoms with Gasteiger partial charge < -0.3 is 23.7 Å². The van der Waals surface area contributed by atoms with E-state index in [0.29, 0.717) is 33.0 Å². The van der Waals surface area contributed by atoms with E-state index >= 15 is 0 Å². The van der Waals surface area contributed by atoms with Gasteiger partial charge in [0.25, 0.3) is 0 Å². The number of hydrogen-bond donors (Lipinski definition) is 0. The van der Waals surface area contributed by atoms with Crippen LogP contribution in [-0.2, 0) is 47.7 Å². The topological polar surface area (TPSA) is 132 Å². The SMILES string of the molecule is CCCCCC.CCCCCC.CCOC(C)=O.CCOC(C)=O.CCOC(C)=O.CCOC(C)=O.CCOC(C)=O. The van der Waals surface area contributed by atoms with Crippen LogP contribution in [0.2, 0.25) is 0 Å². The fraction of sp³-hybridized carbons (Fsp3) is 0.844. The summed E-state index contributed by atoms with van der Waals surface area (Å²) in [4.78, 5) is 49.1. The number of esters is 5. The van der Waals surface area contributed by atoms with Gasteiger partial charge in [0, 0.05) is 34.6 Å². The molecule has 0 radical (unpaired) electrons. The van der Waals surface area contributed by atoms with Gasteiger partial charge in [-0.3, -0.25) is 24.0 Å². The van der Waals surface area contributed by atoms with Gasteiger partial charge in [0.2, 0.25) is 0 Å². The van der Waals surface area contributed by atoms with E-state index in [2.05, 4.69) is 51.4 Å². The second-order valence-corrected chi connectivity index (χ2v) is 8.04. The van der Waals surface area contributed by atoms with Gasteiger partial charge in [-0.05, 0) is 34.6 Å². The summed E-state index contributed by atoms with van der Waals surface area (Å²) in [6.45, 7) is 27.2. The molecule has 0 fully saturated rings. The van der Waals surface area contributed by atoms with E-state index in [0.717, 1.165) is 0 Å². The second kappa shape index (κ2) is 58.1. The van der Waals surface area contributed by atoms with E-state index in [-0.39, 0.29) is 29.8 Å². The first-order valence-corrected chi connectivity index (χ1v) is 15.3. The third kappa shape index (κ3) is 147. The number of carbonyl (C=O) groups is 5. The summed E-state index contributed by atoms with van der Waals surface area (Å²) in [5.41, 5.74) is 0. The first kappa shape index (κ1) is 55.3. The molecule has 0 aromatic rings. The lowest BCUT2D eigenvalue weighted by Crippen LogP contribution is -1.95. The van der Waals surface area contributed by atoms with Crippen molar-refractivity contribution in [2.45, 2.75) is 148 Å². The van der Waals surface area contributed by atoms with Crippen LogP contribution in [-0.4, -0.2) is 62.9 Å². The van der Waals surface area contributed by atoms with Gasteiger partial charge in [-0.1, -0.05) is 79.1 Å². The van der Waals surface area contributed by atoms with Gasteiger partial charge in [0.15, 0.2) is 0 Å². The number of ether oxygens (including phenoxy) is 5. The minimum absolute atomic E-state index is 0.211. The average molecular weight is 613 g/mol. The molecule has 0 bridgehead atoms. The molecule has 10 heteroatoms. The van der Waals surface area contributed by atoms with Crippen LogP contribution < -0.4 is 0 Å². The lowest BCUT2D eigenvalue weighted by atomic mass is 10.2. The van der Waals surface area contributed by atoms with Crippen LogP contribution in [0.3, 0.4) is 0 Å². The zero-order valence-corrected chi connectivity index (χ0v) is 29.8. The molecule has 0 aromatic carbocycles. The van der Waals surface area contributed by atoms with E-state index in [1.165, 1.54) is 86.0 Å². The molecule has 0 rings (SSSR count). The van der Waals surface area contributed by atoms with Crippen LogP contribution in [0.25, 0.3) is 0 Å². The fourth-order valence-electron chi connectivity index (χ4n) is 2.02. The van der Waals surface area contributed by atoms with Crippen molar-refractivity contribution in [2.75, 3.05) is 33.0 Å². The average Bonchev–Trinajstić information content (AvgIpc) is 2.88. The normalized spacial score (nSPS) is 8.05. The Balaban J connectivity index is -0.0000000681. The van der Waals surface area contributed by atoms with E-state index in [4.69, 9.17) is 0 Å². The van der Waals surface area contributed by atoms with Crippen molar-refractivity contribution in [3.05, 3.63) is 0 Å². The maximum absolute atomic E-state index is 9.82. The van der Waals surface area contributed by atoms with Crippen LogP contribution in [0.4, 0.5) is 0 Å². The third-order valence-electron chi connectivity index (χ3n) is 3.65. The van der Waals surface area contributed by atoms with Crippen LogP contribution in [0, 0.1) is 0 Å². The molecule has 256 valence electrons. The Morgan fingerprint density at radius 3 is 0.452 bits per heavy atom. The molecule has 0 heterocycles. The van der Waals surface area contributed by atoms with Crippen molar-refractivity contribution in [1.82, 2.24) is 0 Å². The molecular weight excluding hydrogens is 544 g/mol. The molecule has 0 aliphatic carbocycles. The minimum Gasteiger partial charge on any atom is -0.466 e. The summed E-state index contributed by atoms with van der Waals surface area (Å²) in [6.07, 6.45) is 11.1. The summed E-state index contributed by atoms with van der Waals surface area (Å²) < 4.78 is 22.0. The lowest BCUT2D eigenvalue weighted by Gasteiger charge is -1.89. The minimum atomic E-state index is -0.211. The molecule has 0 aromatic heterocycles. The van der Waals surface area contributed by atoms with Crippen LogP contribution >= 0.6 is 0 Å². The highest BCUT2D eigenvalue weighted by Gasteiger charge is 1.84. The Morgan fingerprint density at radius 2 is 0.429 bits per heavy atom. The predicted octanol–water partition coefficient (Wildman–Crippen LogP) is 8.02. The molecule has 0 saturated carbocycles. The molecule has 0 aliphatic heterocycles. The van der Waals surface area contributed by atoms with E-state index in [9.17, 15) is 24.0 Å². The largest absolute Gasteiger partial charge is 0.466 e. The third-order valence-corrected chi connectivity index (χ3v) is 3.65. The number of hydrogen-bond acceptors (Lipinski definition) is 10. The first-order valence-electron chi connectivity index (χ1n) is 15.3. The molecule has 0 N–H and O–H groups in total. The van der Waals surface area contributed by atoms with Gasteiger partial charge >= 0.3 is 29.8 Å². The quantitative estimate of drug-likeness (QED) is 0.128. The highest BCUT2D eigenvalue weighted by Crippen LogP contribution is 1.96. The summed E-state index contributed by atoms with van der Waals surface area (Å²) in [5, 5.41) is 0. The maximum Gasteiger partial charge on any atom is 0.302 e. The van der Waals surface area contributed by atoms with Crippen molar-refractivity contribution in [3.63, 3.8) is 0 Å². The molecule has 0 atom stereocenters. The van der Waals surface area contributed by atoms with Crippen molar-refractivity contribution < 1.29 is 47.7 Å². The molecule has 10 nitrogen and oxygen atoms in total. The Morgan fingerprint density at radius 1 is 0.310 bits per heavy atom. The first-order chi connectivity index (χ1) is 19.7. The molecule has 0 spiro atoms. The Hall–Kier alpha value is -2.65. The standard InChI is InChI=1S/2C6H14.5C4H8O2/c2*1-3-5-6-4-2;5*1-3-6-4(2)5/h2*3-6H2,1-2H3;5*3H2,1-2H3. The van der Waals surface area contributed by atoms with Crippen molar-refractivity contribution >= 4 is 29.8 Å². The monoisotopic (exact) mass is 612 g/mol. The smallest absolute Gasteiger partial charge is 0.302 e. The van der Waals surface area contributed by atoms with Gasteiger partial charge in [-0.25, -0.2) is 0 Å². The van der Waals surface area contributed by atoms with Crippen molar-refractivity contribution in [2.24, 2.45) is 0 Å². The number of rotatable bonds is 11. The Labute approximate surface area is 258 Å². The molecule has 0 aliphatic rings. The highest BCUT2D eigenvalue weighted by atomic mass is 16.5. The summed E-state index contributed by atoms with van der Waals surface area (Å²) in [7, 11) is 0. The van der Waals surface area contributed by atoms with Crippen LogP contribution in [0.5, 0.6) is 0 Å². The zero-order chi connectivity index (χ0) is 34.6. The molecule has 0 unspecified atom stereocenters. The van der Waals surface area contributed by atoms with E-state index < -0.39 is 0 Å². The molecule has 0 saturated heterocycles. The molecule has 42 heavy (non-hydrogen) atoms. The Bertz CT molecular complexity index is 441. The second-order valence-electron chi connectivity index (χ2n) is 8.04. The fourth-order valence-corrected chi connectivity index (χ4v) is 2.02. The van der Waals surface area contributed by atoms with E-state index in [1.807, 2.05) is 0 Å². The maximum atomic E-state index is 9.82. The Kier molecular flexibility index (Phi) is 76.5. The van der Waals surface area contributed by atoms with Crippen molar-refractivity contribution in [3.8, 4) is 0 Å². The highest BCUT2D eigenvalue weighted by molar-refractivity contribution is 5.66. The van der Waals surface area contributed by atoms with Crippen LogP contribution in [0.1, 0.15) is 148 Å². The lowest BCUT2D eigenvalue weighted by molar-refractivity contribution is -0.141. The van der Waals surface area contributed by atoms with E-state index in [1.54, 1.807) is 34.6 Å². The molecular formula is C32H68O10. The van der Waals surface area contributed by atoms with Crippen molar-refractivity contribution in [1.29, 1.82) is 0 Å². The van der Waals surface area contributed by atoms with Crippen LogP contribution in [0.15, 0.2) is 0 Å².